The molecule has 1 saturated carbocycles. The smallest absolute Gasteiger partial charge is 0.253 e. The molecule has 1 amide bonds. The van der Waals surface area contributed by atoms with Gasteiger partial charge in [0, 0.05) is 31.2 Å². The minimum atomic E-state index is -3.74. The summed E-state index contributed by atoms with van der Waals surface area (Å²) in [6.45, 7) is 0.615. The van der Waals surface area contributed by atoms with Crippen LogP contribution in [0.2, 0.25) is 0 Å². The Hall–Kier alpha value is -1.48. The topological polar surface area (TPSA) is 105 Å². The maximum atomic E-state index is 12.6. The summed E-state index contributed by atoms with van der Waals surface area (Å²) in [6, 6.07) is 6.48. The van der Waals surface area contributed by atoms with Crippen LogP contribution in [-0.4, -0.2) is 44.9 Å². The molecule has 7 nitrogen and oxygen atoms in total. The standard InChI is InChI=1S/C16H24N4O3S/c1-20(10-15-13-4-2-3-5-14(13)18-19-15)16(21)11-6-8-12(9-7-11)24(17,22)23/h6-9,13-15,18-19H,2-5,10H2,1H3,(H2,17,22,23). The summed E-state index contributed by atoms with van der Waals surface area (Å²) in [5.74, 6) is 0.427. The summed E-state index contributed by atoms with van der Waals surface area (Å²) in [4.78, 5) is 14.2. The van der Waals surface area contributed by atoms with Crippen LogP contribution in [0.25, 0.3) is 0 Å². The van der Waals surface area contributed by atoms with Crippen molar-refractivity contribution in [2.75, 3.05) is 13.6 Å². The minimum absolute atomic E-state index is 0.00779. The fraction of sp³-hybridized carbons (Fsp3) is 0.562. The lowest BCUT2D eigenvalue weighted by Crippen LogP contribution is -2.43. The second-order valence-corrected chi connectivity index (χ2v) is 8.27. The van der Waals surface area contributed by atoms with Crippen molar-refractivity contribution in [3.63, 3.8) is 0 Å². The number of carbonyl (C=O) groups excluding carboxylic acids is 1. The van der Waals surface area contributed by atoms with Crippen LogP contribution in [0.5, 0.6) is 0 Å². The average Bonchev–Trinajstić information content (AvgIpc) is 2.96. The number of hydrogen-bond donors (Lipinski definition) is 3. The molecule has 24 heavy (non-hydrogen) atoms. The van der Waals surface area contributed by atoms with Gasteiger partial charge >= 0.3 is 0 Å². The van der Waals surface area contributed by atoms with Crippen LogP contribution < -0.4 is 16.0 Å². The molecule has 0 aromatic heterocycles. The first-order chi connectivity index (χ1) is 11.4. The highest BCUT2D eigenvalue weighted by molar-refractivity contribution is 7.89. The van der Waals surface area contributed by atoms with E-state index < -0.39 is 10.0 Å². The van der Waals surface area contributed by atoms with E-state index in [9.17, 15) is 13.2 Å². The van der Waals surface area contributed by atoms with Gasteiger partial charge in [0.25, 0.3) is 5.91 Å². The van der Waals surface area contributed by atoms with Crippen LogP contribution in [0.1, 0.15) is 36.0 Å². The molecule has 4 N–H and O–H groups in total. The zero-order chi connectivity index (χ0) is 17.3. The monoisotopic (exact) mass is 352 g/mol. The molecular weight excluding hydrogens is 328 g/mol. The molecule has 3 atom stereocenters. The van der Waals surface area contributed by atoms with Crippen LogP contribution in [0, 0.1) is 5.92 Å². The lowest BCUT2D eigenvalue weighted by atomic mass is 9.81. The van der Waals surface area contributed by atoms with Gasteiger partial charge in [-0.05, 0) is 43.0 Å². The SMILES string of the molecule is CN(CC1NNC2CCCCC21)C(=O)c1ccc(S(N)(=O)=O)cc1. The van der Waals surface area contributed by atoms with Crippen LogP contribution in [-0.2, 0) is 10.0 Å². The lowest BCUT2D eigenvalue weighted by Gasteiger charge is -2.29. The van der Waals surface area contributed by atoms with E-state index in [2.05, 4.69) is 10.9 Å². The van der Waals surface area contributed by atoms with E-state index in [1.807, 2.05) is 0 Å². The quantitative estimate of drug-likeness (QED) is 0.729. The number of primary sulfonamides is 1. The van der Waals surface area contributed by atoms with Gasteiger partial charge in [0.15, 0.2) is 0 Å². The summed E-state index contributed by atoms with van der Waals surface area (Å²) in [5.41, 5.74) is 7.13. The predicted molar refractivity (Wildman–Crippen MR) is 90.6 cm³/mol. The number of nitrogens with zero attached hydrogens (tertiary/aromatic N) is 1. The number of nitrogens with two attached hydrogens (primary N) is 1. The Morgan fingerprint density at radius 3 is 2.54 bits per heavy atom. The van der Waals surface area contributed by atoms with Crippen molar-refractivity contribution in [2.45, 2.75) is 42.7 Å². The highest BCUT2D eigenvalue weighted by Crippen LogP contribution is 2.30. The molecule has 0 spiro atoms. The molecule has 1 aromatic carbocycles. The summed E-state index contributed by atoms with van der Waals surface area (Å²) in [7, 11) is -1.97. The average molecular weight is 352 g/mol. The predicted octanol–water partition coefficient (Wildman–Crippen LogP) is 0.441. The van der Waals surface area contributed by atoms with Crippen LogP contribution in [0.15, 0.2) is 29.2 Å². The first-order valence-electron chi connectivity index (χ1n) is 8.25. The molecule has 2 aliphatic rings. The molecule has 1 saturated heterocycles. The van der Waals surface area contributed by atoms with E-state index in [-0.39, 0.29) is 16.8 Å². The van der Waals surface area contributed by atoms with Crippen molar-refractivity contribution < 1.29 is 13.2 Å². The largest absolute Gasteiger partial charge is 0.340 e. The van der Waals surface area contributed by atoms with Gasteiger partial charge in [-0.25, -0.2) is 13.6 Å². The third-order valence-corrected chi connectivity index (χ3v) is 5.97. The Balaban J connectivity index is 1.64. The molecule has 3 unspecified atom stereocenters. The van der Waals surface area contributed by atoms with Crippen molar-refractivity contribution in [2.24, 2.45) is 11.1 Å². The van der Waals surface area contributed by atoms with Gasteiger partial charge in [0.1, 0.15) is 0 Å². The van der Waals surface area contributed by atoms with Crippen LogP contribution in [0.4, 0.5) is 0 Å². The number of hydrogen-bond acceptors (Lipinski definition) is 5. The van der Waals surface area contributed by atoms with E-state index in [4.69, 9.17) is 5.14 Å². The van der Waals surface area contributed by atoms with Crippen LogP contribution in [0.3, 0.4) is 0 Å². The number of hydrazine groups is 1. The first kappa shape index (κ1) is 17.3. The fourth-order valence-corrected chi connectivity index (χ4v) is 4.22. The third-order valence-electron chi connectivity index (χ3n) is 5.04. The fourth-order valence-electron chi connectivity index (χ4n) is 3.71. The Morgan fingerprint density at radius 2 is 1.88 bits per heavy atom. The van der Waals surface area contributed by atoms with Gasteiger partial charge in [-0.3, -0.25) is 15.6 Å². The number of nitrogens with one attached hydrogen (secondary N) is 2. The van der Waals surface area contributed by atoms with Gasteiger partial charge < -0.3 is 4.90 Å². The second-order valence-electron chi connectivity index (χ2n) is 6.71. The van der Waals surface area contributed by atoms with E-state index >= 15 is 0 Å². The number of benzene rings is 1. The van der Waals surface area contributed by atoms with Crippen molar-refractivity contribution in [1.82, 2.24) is 15.8 Å². The molecule has 0 radical (unpaired) electrons. The molecule has 8 heteroatoms. The number of carbonyl (C=O) groups is 1. The maximum Gasteiger partial charge on any atom is 0.253 e. The summed E-state index contributed by atoms with van der Waals surface area (Å²) < 4.78 is 22.6. The summed E-state index contributed by atoms with van der Waals surface area (Å²) in [6.07, 6.45) is 4.86. The van der Waals surface area contributed by atoms with Gasteiger partial charge in [-0.1, -0.05) is 12.8 Å². The Morgan fingerprint density at radius 1 is 1.21 bits per heavy atom. The highest BCUT2D eigenvalue weighted by atomic mass is 32.2. The van der Waals surface area contributed by atoms with Crippen molar-refractivity contribution in [3.8, 4) is 0 Å². The Bertz CT molecular complexity index is 705. The maximum absolute atomic E-state index is 12.6. The molecule has 3 rings (SSSR count). The lowest BCUT2D eigenvalue weighted by molar-refractivity contribution is 0.0772. The molecule has 1 aliphatic heterocycles. The minimum Gasteiger partial charge on any atom is -0.340 e. The van der Waals surface area contributed by atoms with Crippen molar-refractivity contribution in [1.29, 1.82) is 0 Å². The first-order valence-corrected chi connectivity index (χ1v) is 9.80. The highest BCUT2D eigenvalue weighted by Gasteiger charge is 2.37. The van der Waals surface area contributed by atoms with Crippen molar-refractivity contribution >= 4 is 15.9 Å². The Kier molecular flexibility index (Phi) is 4.91. The summed E-state index contributed by atoms with van der Waals surface area (Å²) >= 11 is 0. The number of likely N-dealkylation sites (N-methyl/N-ethyl adjacent to an activating group) is 1. The van der Waals surface area contributed by atoms with E-state index in [1.54, 1.807) is 11.9 Å². The molecule has 1 heterocycles. The van der Waals surface area contributed by atoms with Gasteiger partial charge in [0.05, 0.1) is 4.90 Å². The van der Waals surface area contributed by atoms with Gasteiger partial charge in [-0.15, -0.1) is 0 Å². The second kappa shape index (κ2) is 6.79. The number of sulfonamides is 1. The van der Waals surface area contributed by atoms with E-state index in [0.29, 0.717) is 24.1 Å². The molecule has 0 bridgehead atoms. The van der Waals surface area contributed by atoms with Crippen LogP contribution >= 0.6 is 0 Å². The van der Waals surface area contributed by atoms with Crippen molar-refractivity contribution in [3.05, 3.63) is 29.8 Å². The van der Waals surface area contributed by atoms with E-state index in [0.717, 1.165) is 0 Å². The molecule has 1 aromatic rings. The zero-order valence-corrected chi connectivity index (χ0v) is 14.6. The number of amides is 1. The molecule has 1 aliphatic carbocycles. The number of rotatable bonds is 4. The molecule has 2 fully saturated rings. The normalized spacial score (nSPS) is 26.8. The van der Waals surface area contributed by atoms with E-state index in [1.165, 1.54) is 49.9 Å². The zero-order valence-electron chi connectivity index (χ0n) is 13.7. The number of fused-ring (bicyclic) bond motifs is 1. The van der Waals surface area contributed by atoms with Gasteiger partial charge in [0.2, 0.25) is 10.0 Å². The third kappa shape index (κ3) is 3.61. The molecule has 132 valence electrons. The molecular formula is C16H24N4O3S. The summed E-state index contributed by atoms with van der Waals surface area (Å²) in [5, 5.41) is 5.08. The Labute approximate surface area is 142 Å². The van der Waals surface area contributed by atoms with Gasteiger partial charge in [-0.2, -0.15) is 0 Å².